The van der Waals surface area contributed by atoms with Crippen LogP contribution in [0.3, 0.4) is 0 Å². The van der Waals surface area contributed by atoms with Crippen molar-refractivity contribution in [3.05, 3.63) is 76.7 Å². The molecule has 4 nitrogen and oxygen atoms in total. The molecule has 3 N–H and O–H groups in total. The van der Waals surface area contributed by atoms with Crippen LogP contribution in [0, 0.1) is 6.92 Å². The summed E-state index contributed by atoms with van der Waals surface area (Å²) in [5.74, 6) is 1.13. The molecule has 2 aromatic carbocycles. The lowest BCUT2D eigenvalue weighted by Crippen LogP contribution is -2.95. The third-order valence-corrected chi connectivity index (χ3v) is 6.98. The van der Waals surface area contributed by atoms with Crippen molar-refractivity contribution < 1.29 is 5.32 Å². The van der Waals surface area contributed by atoms with E-state index < -0.39 is 0 Å². The number of nitrogens with zero attached hydrogens (tertiary/aromatic N) is 2. The predicted molar refractivity (Wildman–Crippen MR) is 127 cm³/mol. The van der Waals surface area contributed by atoms with E-state index in [4.69, 9.17) is 4.99 Å². The Labute approximate surface area is 182 Å². The summed E-state index contributed by atoms with van der Waals surface area (Å²) in [5.41, 5.74) is 4.82. The highest BCUT2D eigenvalue weighted by atomic mass is 32.1. The van der Waals surface area contributed by atoms with E-state index in [0.29, 0.717) is 6.04 Å². The van der Waals surface area contributed by atoms with E-state index in [2.05, 4.69) is 83.1 Å². The van der Waals surface area contributed by atoms with E-state index in [1.165, 1.54) is 33.8 Å². The Morgan fingerprint density at radius 2 is 1.97 bits per heavy atom. The summed E-state index contributed by atoms with van der Waals surface area (Å²) in [4.78, 5) is 8.99. The van der Waals surface area contributed by atoms with Crippen LogP contribution in [-0.2, 0) is 6.42 Å². The van der Waals surface area contributed by atoms with Crippen molar-refractivity contribution in [2.75, 3.05) is 25.0 Å². The molecule has 0 saturated carbocycles. The van der Waals surface area contributed by atoms with E-state index in [1.54, 1.807) is 0 Å². The maximum Gasteiger partial charge on any atom is 0.140 e. The predicted octanol–water partition coefficient (Wildman–Crippen LogP) is 4.46. The van der Waals surface area contributed by atoms with Gasteiger partial charge >= 0.3 is 0 Å². The number of hydrogen-bond donors (Lipinski definition) is 2. The van der Waals surface area contributed by atoms with E-state index in [0.717, 1.165) is 43.3 Å². The number of rotatable bonds is 4. The Bertz CT molecular complexity index is 1040. The van der Waals surface area contributed by atoms with Crippen molar-refractivity contribution in [1.29, 1.82) is 0 Å². The van der Waals surface area contributed by atoms with Crippen molar-refractivity contribution in [2.24, 2.45) is 4.99 Å². The Balaban J connectivity index is 1.34. The molecule has 5 rings (SSSR count). The first kappa shape index (κ1) is 19.3. The van der Waals surface area contributed by atoms with E-state index >= 15 is 0 Å². The maximum absolute atomic E-state index is 5.15. The Morgan fingerprint density at radius 1 is 1.13 bits per heavy atom. The van der Waals surface area contributed by atoms with Crippen LogP contribution in [0.1, 0.15) is 28.8 Å². The fraction of sp³-hybridized carbons (Fsp3) is 0.320. The van der Waals surface area contributed by atoms with Gasteiger partial charge in [-0.2, -0.15) is 0 Å². The number of thiophene rings is 1. The molecule has 5 heteroatoms. The summed E-state index contributed by atoms with van der Waals surface area (Å²) in [5, 5.41) is 7.37. The van der Waals surface area contributed by atoms with Gasteiger partial charge in [-0.1, -0.05) is 42.5 Å². The minimum absolute atomic E-state index is 0.625. The molecular weight excluding hydrogens is 388 g/mol. The number of para-hydroxylation sites is 2. The molecule has 2 aliphatic heterocycles. The van der Waals surface area contributed by atoms with Gasteiger partial charge in [0, 0.05) is 11.3 Å². The number of nitrogens with two attached hydrogens (primary N) is 1. The van der Waals surface area contributed by atoms with Crippen molar-refractivity contribution in [3.8, 4) is 0 Å². The summed E-state index contributed by atoms with van der Waals surface area (Å²) in [6.45, 7) is 5.41. The molecule has 0 aliphatic carbocycles. The fourth-order valence-electron chi connectivity index (χ4n) is 4.52. The van der Waals surface area contributed by atoms with Gasteiger partial charge in [0.05, 0.1) is 36.6 Å². The molecule has 30 heavy (non-hydrogen) atoms. The Kier molecular flexibility index (Phi) is 5.56. The third kappa shape index (κ3) is 4.13. The second-order valence-electron chi connectivity index (χ2n) is 8.29. The van der Waals surface area contributed by atoms with Gasteiger partial charge in [0.15, 0.2) is 0 Å². The van der Waals surface area contributed by atoms with Crippen LogP contribution >= 0.6 is 11.3 Å². The first-order chi connectivity index (χ1) is 14.8. The fourth-order valence-corrected chi connectivity index (χ4v) is 5.44. The lowest BCUT2D eigenvalue weighted by atomic mass is 10.0. The van der Waals surface area contributed by atoms with E-state index in [1.807, 2.05) is 11.3 Å². The Hall–Kier alpha value is -2.63. The lowest BCUT2D eigenvalue weighted by Gasteiger charge is -2.33. The van der Waals surface area contributed by atoms with Crippen LogP contribution in [-0.4, -0.2) is 36.4 Å². The van der Waals surface area contributed by atoms with Crippen molar-refractivity contribution >= 4 is 33.5 Å². The largest absolute Gasteiger partial charge is 0.345 e. The number of benzene rings is 2. The van der Waals surface area contributed by atoms with Crippen molar-refractivity contribution in [1.82, 2.24) is 4.90 Å². The first-order valence-electron chi connectivity index (χ1n) is 10.9. The highest BCUT2D eigenvalue weighted by molar-refractivity contribution is 7.16. The average Bonchev–Trinajstić information content (AvgIpc) is 3.06. The number of aryl methyl sites for hydroxylation is 2. The molecule has 1 fully saturated rings. The maximum atomic E-state index is 5.15. The Morgan fingerprint density at radius 3 is 2.87 bits per heavy atom. The molecule has 0 bridgehead atoms. The summed E-state index contributed by atoms with van der Waals surface area (Å²) in [7, 11) is 0. The van der Waals surface area contributed by atoms with Crippen LogP contribution in [0.5, 0.6) is 0 Å². The topological polar surface area (TPSA) is 44.2 Å². The zero-order valence-corrected chi connectivity index (χ0v) is 18.3. The van der Waals surface area contributed by atoms with E-state index in [9.17, 15) is 0 Å². The highest BCUT2D eigenvalue weighted by Crippen LogP contribution is 2.39. The number of amidine groups is 1. The number of hydrogen-bond acceptors (Lipinski definition) is 4. The number of quaternary nitrogens is 1. The minimum Gasteiger partial charge on any atom is -0.345 e. The summed E-state index contributed by atoms with van der Waals surface area (Å²) in [6.07, 6.45) is 3.64. The standard InChI is InChI=1S/C25H28N4S/c1-18-16-21-24(27-22-12-5-6-13-23(22)28-25(21)30-18)29-15-14-26-20(17-29)11-7-10-19-8-3-2-4-9-19/h2-6,8-9,12-13,16,20,26,28H,7,10-11,14-15,17H2,1H3/p+1/t20-/m0/s1. The van der Waals surface area contributed by atoms with Gasteiger partial charge < -0.3 is 15.5 Å². The van der Waals surface area contributed by atoms with Crippen LogP contribution in [0.4, 0.5) is 16.4 Å². The van der Waals surface area contributed by atoms with Crippen LogP contribution in [0.25, 0.3) is 0 Å². The summed E-state index contributed by atoms with van der Waals surface area (Å²) < 4.78 is 0. The van der Waals surface area contributed by atoms with Gasteiger partial charge in [-0.15, -0.1) is 11.3 Å². The van der Waals surface area contributed by atoms with Gasteiger partial charge in [0.2, 0.25) is 0 Å². The van der Waals surface area contributed by atoms with Crippen LogP contribution < -0.4 is 10.6 Å². The van der Waals surface area contributed by atoms with Gasteiger partial charge in [-0.25, -0.2) is 4.99 Å². The van der Waals surface area contributed by atoms with Crippen LogP contribution in [0.15, 0.2) is 65.7 Å². The van der Waals surface area contributed by atoms with Gasteiger partial charge in [0.25, 0.3) is 0 Å². The number of nitrogens with one attached hydrogen (secondary N) is 1. The quantitative estimate of drug-likeness (QED) is 0.658. The second kappa shape index (κ2) is 8.62. The molecule has 1 saturated heterocycles. The monoisotopic (exact) mass is 417 g/mol. The summed E-state index contributed by atoms with van der Waals surface area (Å²) in [6, 6.07) is 22.1. The molecule has 3 heterocycles. The summed E-state index contributed by atoms with van der Waals surface area (Å²) >= 11 is 1.82. The van der Waals surface area contributed by atoms with Crippen LogP contribution in [0.2, 0.25) is 0 Å². The zero-order chi connectivity index (χ0) is 20.3. The number of fused-ring (bicyclic) bond motifs is 2. The van der Waals surface area contributed by atoms with Gasteiger partial charge in [0.1, 0.15) is 16.9 Å². The second-order valence-corrected chi connectivity index (χ2v) is 9.54. The van der Waals surface area contributed by atoms with Crippen molar-refractivity contribution in [2.45, 2.75) is 32.2 Å². The van der Waals surface area contributed by atoms with Gasteiger partial charge in [-0.05, 0) is 43.5 Å². The SMILES string of the molecule is Cc1cc2c(s1)Nc1ccccc1N=C2N1CC[NH2+][C@@H](CCCc2ccccc2)C1. The molecule has 0 radical (unpaired) electrons. The third-order valence-electron chi connectivity index (χ3n) is 6.01. The lowest BCUT2D eigenvalue weighted by molar-refractivity contribution is -0.697. The highest BCUT2D eigenvalue weighted by Gasteiger charge is 2.29. The molecule has 0 spiro atoms. The smallest absolute Gasteiger partial charge is 0.140 e. The van der Waals surface area contributed by atoms with Crippen molar-refractivity contribution in [3.63, 3.8) is 0 Å². The molecule has 3 aromatic rings. The normalized spacial score (nSPS) is 18.1. The average molecular weight is 418 g/mol. The molecule has 0 amide bonds. The zero-order valence-electron chi connectivity index (χ0n) is 17.5. The molecule has 0 unspecified atom stereocenters. The number of aliphatic imine (C=N–C) groups is 1. The first-order valence-corrected chi connectivity index (χ1v) is 11.8. The molecule has 1 aromatic heterocycles. The number of anilines is 2. The van der Waals surface area contributed by atoms with E-state index in [-0.39, 0.29) is 0 Å². The molecule has 154 valence electrons. The van der Waals surface area contributed by atoms with Gasteiger partial charge in [-0.3, -0.25) is 0 Å². The molecular formula is C25H29N4S+. The minimum atomic E-state index is 0.625. The molecule has 2 aliphatic rings. The number of piperazine rings is 1. The molecule has 1 atom stereocenters.